The number of phosphoric acid groups is 1. The molecule has 0 aliphatic rings. The van der Waals surface area contributed by atoms with Crippen molar-refractivity contribution in [1.29, 1.82) is 0 Å². The average molecular weight is 330 g/mol. The van der Waals surface area contributed by atoms with Crippen LogP contribution in [0.4, 0.5) is 0 Å². The van der Waals surface area contributed by atoms with Crippen LogP contribution < -0.4 is 38.7 Å². The van der Waals surface area contributed by atoms with E-state index in [0.717, 1.165) is 0 Å². The Labute approximate surface area is 73.1 Å². The number of hydrogen-bond acceptors (Lipinski definition) is 4. The van der Waals surface area contributed by atoms with Gasteiger partial charge in [-0.2, -0.15) is 7.82 Å². The van der Waals surface area contributed by atoms with Crippen LogP contribution in [0, 0.1) is 0 Å². The van der Waals surface area contributed by atoms with Crippen molar-refractivity contribution in [1.82, 2.24) is 0 Å². The molecule has 0 aliphatic heterocycles. The molecule has 0 radical (unpaired) electrons. The molecule has 0 rings (SSSR count). The maximum atomic E-state index is 8.55. The van der Waals surface area contributed by atoms with E-state index >= 15 is 0 Å². The van der Waals surface area contributed by atoms with Crippen molar-refractivity contribution in [3.8, 4) is 0 Å². The first kappa shape index (κ1) is 15.8. The fourth-order valence-corrected chi connectivity index (χ4v) is 0. The van der Waals surface area contributed by atoms with Gasteiger partial charge in [0.15, 0.2) is 0 Å². The summed E-state index contributed by atoms with van der Waals surface area (Å²) in [6.07, 6.45) is 0. The Kier molecular flexibility index (Phi) is 12.9. The molecule has 0 bridgehead atoms. The number of halogens is 1. The van der Waals surface area contributed by atoms with E-state index in [1.165, 1.54) is 0 Å². The summed E-state index contributed by atoms with van der Waals surface area (Å²) < 4.78 is 8.55. The molecule has 0 aromatic heterocycles. The molecule has 4 nitrogen and oxygen atoms in total. The van der Waals surface area contributed by atoms with Crippen LogP contribution in [0.5, 0.6) is 0 Å². The predicted octanol–water partition coefficient (Wildman–Crippen LogP) is -5.82. The molecule has 0 unspecified atom stereocenters. The van der Waals surface area contributed by atoms with Gasteiger partial charge in [0.05, 0.1) is 0 Å². The summed E-state index contributed by atoms with van der Waals surface area (Å²) >= 11 is 0. The molecule has 0 fully saturated rings. The Balaban J connectivity index is -0.0000000800. The van der Waals surface area contributed by atoms with Crippen LogP contribution in [0.1, 0.15) is 0 Å². The third-order valence-corrected chi connectivity index (χ3v) is 0. The third-order valence-electron chi connectivity index (χ3n) is 0. The molecular formula is AgIO4P-3. The maximum Gasteiger partial charge on any atom is 1.00 e. The van der Waals surface area contributed by atoms with Gasteiger partial charge < -0.3 is 43.2 Å². The first-order valence-electron chi connectivity index (χ1n) is 0.730. The molecule has 0 atom stereocenters. The minimum absolute atomic E-state index is 0. The number of rotatable bonds is 0. The van der Waals surface area contributed by atoms with Crippen LogP contribution in [-0.4, -0.2) is 0 Å². The van der Waals surface area contributed by atoms with Gasteiger partial charge in [-0.1, -0.05) is 0 Å². The van der Waals surface area contributed by atoms with Crippen LogP contribution in [-0.2, 0) is 26.9 Å². The van der Waals surface area contributed by atoms with Crippen LogP contribution in [0.2, 0.25) is 0 Å². The first-order valence-corrected chi connectivity index (χ1v) is 2.19. The molecule has 0 N–H and O–H groups in total. The van der Waals surface area contributed by atoms with Gasteiger partial charge in [-0.05, 0) is 0 Å². The summed E-state index contributed by atoms with van der Waals surface area (Å²) in [7, 11) is -5.39. The molecule has 0 saturated carbocycles. The second-order valence-corrected chi connectivity index (χ2v) is 1.34. The molecule has 0 saturated heterocycles. The topological polar surface area (TPSA) is 86.2 Å². The monoisotopic (exact) mass is 329 g/mol. The second-order valence-electron chi connectivity index (χ2n) is 0.447. The Morgan fingerprint density at radius 1 is 1.14 bits per heavy atom. The van der Waals surface area contributed by atoms with Crippen LogP contribution in [0.15, 0.2) is 0 Å². The number of hydrogen-bond donors (Lipinski definition) is 0. The summed E-state index contributed by atoms with van der Waals surface area (Å²) in [4.78, 5) is 25.6. The Morgan fingerprint density at radius 2 is 1.14 bits per heavy atom. The SMILES string of the molecule is O=P([O-])([O-])[O-].[Ag+].[I-]. The smallest absolute Gasteiger partial charge is 1.00 e. The third kappa shape index (κ3) is 94.5. The summed E-state index contributed by atoms with van der Waals surface area (Å²) in [5, 5.41) is 0. The Morgan fingerprint density at radius 3 is 1.14 bits per heavy atom. The molecule has 7 heteroatoms. The summed E-state index contributed by atoms with van der Waals surface area (Å²) in [5.74, 6) is 0. The maximum absolute atomic E-state index is 8.55. The van der Waals surface area contributed by atoms with Gasteiger partial charge in [0.1, 0.15) is 0 Å². The van der Waals surface area contributed by atoms with E-state index < -0.39 is 7.82 Å². The van der Waals surface area contributed by atoms with Gasteiger partial charge in [-0.15, -0.1) is 0 Å². The van der Waals surface area contributed by atoms with Gasteiger partial charge in [-0.25, -0.2) is 0 Å². The summed E-state index contributed by atoms with van der Waals surface area (Å²) in [6, 6.07) is 0. The van der Waals surface area contributed by atoms with Crippen LogP contribution in [0.3, 0.4) is 0 Å². The van der Waals surface area contributed by atoms with Crippen molar-refractivity contribution < 1.29 is 65.6 Å². The Bertz CT molecular complexity index is 57.8. The van der Waals surface area contributed by atoms with Crippen LogP contribution >= 0.6 is 7.82 Å². The fraction of sp³-hybridized carbons (Fsp3) is 0. The van der Waals surface area contributed by atoms with E-state index in [1.54, 1.807) is 0 Å². The standard InChI is InChI=1S/Ag.HI.H3O4P/c;;1-5(2,3)4/h;1H;(H3,1,2,3,4)/q+1;;/p-4. The minimum atomic E-state index is -5.39. The zero-order valence-corrected chi connectivity index (χ0v) is 7.29. The van der Waals surface area contributed by atoms with E-state index in [-0.39, 0.29) is 46.4 Å². The molecule has 50 valence electrons. The van der Waals surface area contributed by atoms with E-state index in [4.69, 9.17) is 19.2 Å². The zero-order valence-electron chi connectivity index (χ0n) is 2.76. The molecule has 0 aliphatic carbocycles. The minimum Gasteiger partial charge on any atom is -1.00 e. The molecule has 0 aromatic carbocycles. The molecule has 0 spiro atoms. The second kappa shape index (κ2) is 5.71. The Hall–Kier alpha value is 1.58. The van der Waals surface area contributed by atoms with E-state index in [1.807, 2.05) is 0 Å². The van der Waals surface area contributed by atoms with Gasteiger partial charge in [0.25, 0.3) is 0 Å². The van der Waals surface area contributed by atoms with Crippen molar-refractivity contribution in [2.75, 3.05) is 0 Å². The van der Waals surface area contributed by atoms with Crippen molar-refractivity contribution in [2.24, 2.45) is 0 Å². The van der Waals surface area contributed by atoms with Crippen molar-refractivity contribution in [3.63, 3.8) is 0 Å². The van der Waals surface area contributed by atoms with Gasteiger partial charge in [-0.3, -0.25) is 0 Å². The van der Waals surface area contributed by atoms with E-state index in [9.17, 15) is 0 Å². The molecule has 0 aromatic rings. The van der Waals surface area contributed by atoms with Crippen molar-refractivity contribution in [2.45, 2.75) is 0 Å². The zero-order chi connectivity index (χ0) is 4.50. The summed E-state index contributed by atoms with van der Waals surface area (Å²) in [6.45, 7) is 0. The molecular weight excluding hydrogens is 330 g/mol. The van der Waals surface area contributed by atoms with Gasteiger partial charge >= 0.3 is 22.4 Å². The fourth-order valence-electron chi connectivity index (χ4n) is 0. The van der Waals surface area contributed by atoms with Gasteiger partial charge in [0.2, 0.25) is 0 Å². The molecule has 0 amide bonds. The molecule has 0 heterocycles. The quantitative estimate of drug-likeness (QED) is 0.252. The average Bonchev–Trinajstić information content (AvgIpc) is 0.722. The van der Waals surface area contributed by atoms with Gasteiger partial charge in [0, 0.05) is 0 Å². The first-order chi connectivity index (χ1) is 2.00. The van der Waals surface area contributed by atoms with Crippen molar-refractivity contribution in [3.05, 3.63) is 0 Å². The predicted molar refractivity (Wildman–Crippen MR) is 7.61 cm³/mol. The normalized spacial score (nSPS) is 8.43. The van der Waals surface area contributed by atoms with Crippen LogP contribution in [0.25, 0.3) is 0 Å². The summed E-state index contributed by atoms with van der Waals surface area (Å²) in [5.41, 5.74) is 0. The van der Waals surface area contributed by atoms with E-state index in [0.29, 0.717) is 0 Å². The van der Waals surface area contributed by atoms with Crippen molar-refractivity contribution >= 4 is 7.82 Å². The van der Waals surface area contributed by atoms with E-state index in [2.05, 4.69) is 0 Å². The molecule has 7 heavy (non-hydrogen) atoms. The largest absolute Gasteiger partial charge is 1.00 e.